The monoisotopic (exact) mass is 224 g/mol. The zero-order valence-electron chi connectivity index (χ0n) is 10.1. The van der Waals surface area contributed by atoms with Crippen LogP contribution in [0.25, 0.3) is 0 Å². The van der Waals surface area contributed by atoms with Gasteiger partial charge in [-0.3, -0.25) is 11.3 Å². The molecule has 2 unspecified atom stereocenters. The minimum atomic E-state index is 0.348. The SMILES string of the molecule is NNC(C1=CCCCCCC1)C1CCOC1. The normalized spacial score (nSPS) is 29.3. The Labute approximate surface area is 98.4 Å². The lowest BCUT2D eigenvalue weighted by Gasteiger charge is -2.26. The first-order valence-corrected chi connectivity index (χ1v) is 6.64. The van der Waals surface area contributed by atoms with E-state index in [1.54, 1.807) is 0 Å². The number of hydrogen-bond donors (Lipinski definition) is 2. The van der Waals surface area contributed by atoms with Gasteiger partial charge in [0.15, 0.2) is 0 Å². The molecule has 0 aromatic carbocycles. The molecule has 3 N–H and O–H groups in total. The standard InChI is InChI=1S/C13H24N2O/c14-15-13(12-8-9-16-10-12)11-6-4-2-1-3-5-7-11/h6,12-13,15H,1-5,7-10,14H2. The van der Waals surface area contributed by atoms with E-state index in [9.17, 15) is 0 Å². The number of nitrogens with one attached hydrogen (secondary N) is 1. The number of nitrogens with two attached hydrogens (primary N) is 1. The summed E-state index contributed by atoms with van der Waals surface area (Å²) >= 11 is 0. The molecule has 16 heavy (non-hydrogen) atoms. The maximum absolute atomic E-state index is 5.73. The van der Waals surface area contributed by atoms with Crippen LogP contribution in [-0.4, -0.2) is 19.3 Å². The first-order chi connectivity index (χ1) is 7.92. The molecule has 1 aliphatic heterocycles. The smallest absolute Gasteiger partial charge is 0.0513 e. The zero-order valence-corrected chi connectivity index (χ0v) is 10.1. The van der Waals surface area contributed by atoms with Crippen LogP contribution in [0.3, 0.4) is 0 Å². The summed E-state index contributed by atoms with van der Waals surface area (Å²) in [5.41, 5.74) is 4.54. The Morgan fingerprint density at radius 3 is 2.94 bits per heavy atom. The second kappa shape index (κ2) is 6.38. The second-order valence-electron chi connectivity index (χ2n) is 5.00. The molecule has 0 spiro atoms. The molecule has 1 saturated heterocycles. The third kappa shape index (κ3) is 3.06. The van der Waals surface area contributed by atoms with Crippen molar-refractivity contribution in [3.05, 3.63) is 11.6 Å². The molecule has 0 saturated carbocycles. The summed E-state index contributed by atoms with van der Waals surface area (Å²) in [6, 6.07) is 0.348. The van der Waals surface area contributed by atoms with E-state index in [1.807, 2.05) is 0 Å². The van der Waals surface area contributed by atoms with Crippen LogP contribution >= 0.6 is 0 Å². The molecule has 0 aromatic rings. The van der Waals surface area contributed by atoms with Crippen LogP contribution in [0.2, 0.25) is 0 Å². The van der Waals surface area contributed by atoms with Crippen molar-refractivity contribution < 1.29 is 4.74 Å². The highest BCUT2D eigenvalue weighted by Gasteiger charge is 2.27. The lowest BCUT2D eigenvalue weighted by Crippen LogP contribution is -2.42. The molecule has 0 radical (unpaired) electrons. The lowest BCUT2D eigenvalue weighted by atomic mass is 9.87. The fraction of sp³-hybridized carbons (Fsp3) is 0.846. The van der Waals surface area contributed by atoms with Crippen molar-refractivity contribution in [3.8, 4) is 0 Å². The predicted octanol–water partition coefficient (Wildman–Crippen LogP) is 2.14. The molecule has 2 aliphatic rings. The molecule has 2 atom stereocenters. The van der Waals surface area contributed by atoms with Gasteiger partial charge in [0.05, 0.1) is 6.61 Å². The largest absolute Gasteiger partial charge is 0.381 e. The molecule has 3 heteroatoms. The van der Waals surface area contributed by atoms with Crippen molar-refractivity contribution in [3.63, 3.8) is 0 Å². The average Bonchev–Trinajstić information content (AvgIpc) is 2.75. The van der Waals surface area contributed by atoms with E-state index in [0.717, 1.165) is 19.6 Å². The van der Waals surface area contributed by atoms with Crippen LogP contribution in [0, 0.1) is 5.92 Å². The zero-order chi connectivity index (χ0) is 11.2. The highest BCUT2D eigenvalue weighted by molar-refractivity contribution is 5.13. The Hall–Kier alpha value is -0.380. The summed E-state index contributed by atoms with van der Waals surface area (Å²) < 4.78 is 5.46. The molecule has 0 aromatic heterocycles. The minimum absolute atomic E-state index is 0.348. The van der Waals surface area contributed by atoms with Crippen molar-refractivity contribution in [2.75, 3.05) is 13.2 Å². The van der Waals surface area contributed by atoms with Gasteiger partial charge in [-0.1, -0.05) is 24.5 Å². The summed E-state index contributed by atoms with van der Waals surface area (Å²) in [6.45, 7) is 1.77. The summed E-state index contributed by atoms with van der Waals surface area (Å²) in [4.78, 5) is 0. The Balaban J connectivity index is 1.99. The van der Waals surface area contributed by atoms with Gasteiger partial charge < -0.3 is 4.74 Å². The fourth-order valence-electron chi connectivity index (χ4n) is 2.86. The van der Waals surface area contributed by atoms with Crippen molar-refractivity contribution in [2.24, 2.45) is 11.8 Å². The number of allylic oxidation sites excluding steroid dienone is 1. The van der Waals surface area contributed by atoms with Gasteiger partial charge in [-0.05, 0) is 32.1 Å². The van der Waals surface area contributed by atoms with E-state index in [1.165, 1.54) is 44.1 Å². The van der Waals surface area contributed by atoms with E-state index in [4.69, 9.17) is 10.6 Å². The molecule has 1 aliphatic carbocycles. The van der Waals surface area contributed by atoms with Crippen LogP contribution in [-0.2, 0) is 4.74 Å². The third-order valence-electron chi connectivity index (χ3n) is 3.84. The number of rotatable bonds is 3. The van der Waals surface area contributed by atoms with Crippen molar-refractivity contribution in [1.29, 1.82) is 0 Å². The van der Waals surface area contributed by atoms with E-state index in [0.29, 0.717) is 12.0 Å². The average molecular weight is 224 g/mol. The van der Waals surface area contributed by atoms with Crippen LogP contribution in [0.5, 0.6) is 0 Å². The minimum Gasteiger partial charge on any atom is -0.381 e. The molecule has 0 amide bonds. The molecular weight excluding hydrogens is 200 g/mol. The molecule has 1 fully saturated rings. The first-order valence-electron chi connectivity index (χ1n) is 6.64. The fourth-order valence-corrected chi connectivity index (χ4v) is 2.86. The summed E-state index contributed by atoms with van der Waals surface area (Å²) in [6.07, 6.45) is 11.4. The van der Waals surface area contributed by atoms with E-state index < -0.39 is 0 Å². The Morgan fingerprint density at radius 1 is 1.31 bits per heavy atom. The summed E-state index contributed by atoms with van der Waals surface area (Å²) in [5.74, 6) is 6.31. The van der Waals surface area contributed by atoms with Gasteiger partial charge >= 0.3 is 0 Å². The van der Waals surface area contributed by atoms with Gasteiger partial charge in [0, 0.05) is 18.6 Å². The number of hydrogen-bond acceptors (Lipinski definition) is 3. The van der Waals surface area contributed by atoms with Gasteiger partial charge in [0.1, 0.15) is 0 Å². The van der Waals surface area contributed by atoms with Crippen LogP contribution in [0.1, 0.15) is 44.9 Å². The van der Waals surface area contributed by atoms with Crippen LogP contribution in [0.4, 0.5) is 0 Å². The van der Waals surface area contributed by atoms with E-state index >= 15 is 0 Å². The Morgan fingerprint density at radius 2 is 2.19 bits per heavy atom. The quantitative estimate of drug-likeness (QED) is 0.438. The molecule has 2 rings (SSSR count). The lowest BCUT2D eigenvalue weighted by molar-refractivity contribution is 0.179. The summed E-state index contributed by atoms with van der Waals surface area (Å²) in [7, 11) is 0. The maximum atomic E-state index is 5.73. The van der Waals surface area contributed by atoms with Crippen molar-refractivity contribution >= 4 is 0 Å². The number of hydrazine groups is 1. The third-order valence-corrected chi connectivity index (χ3v) is 3.84. The van der Waals surface area contributed by atoms with Crippen molar-refractivity contribution in [2.45, 2.75) is 51.0 Å². The van der Waals surface area contributed by atoms with Gasteiger partial charge in [-0.15, -0.1) is 0 Å². The highest BCUT2D eigenvalue weighted by Crippen LogP contribution is 2.26. The topological polar surface area (TPSA) is 47.3 Å². The number of ether oxygens (including phenoxy) is 1. The van der Waals surface area contributed by atoms with E-state index in [-0.39, 0.29) is 0 Å². The molecular formula is C13H24N2O. The highest BCUT2D eigenvalue weighted by atomic mass is 16.5. The molecule has 92 valence electrons. The predicted molar refractivity (Wildman–Crippen MR) is 65.8 cm³/mol. The van der Waals surface area contributed by atoms with Gasteiger partial charge in [0.2, 0.25) is 0 Å². The second-order valence-corrected chi connectivity index (χ2v) is 5.00. The Kier molecular flexibility index (Phi) is 4.82. The molecule has 3 nitrogen and oxygen atoms in total. The first kappa shape index (κ1) is 12.1. The van der Waals surface area contributed by atoms with Gasteiger partial charge in [-0.2, -0.15) is 0 Å². The molecule has 0 bridgehead atoms. The van der Waals surface area contributed by atoms with Gasteiger partial charge in [-0.25, -0.2) is 0 Å². The Bertz CT molecular complexity index is 234. The van der Waals surface area contributed by atoms with Crippen molar-refractivity contribution in [1.82, 2.24) is 5.43 Å². The molecule has 1 heterocycles. The van der Waals surface area contributed by atoms with Crippen LogP contribution in [0.15, 0.2) is 11.6 Å². The maximum Gasteiger partial charge on any atom is 0.0513 e. The van der Waals surface area contributed by atoms with Crippen LogP contribution < -0.4 is 11.3 Å². The summed E-state index contributed by atoms with van der Waals surface area (Å²) in [5, 5.41) is 0. The van der Waals surface area contributed by atoms with Gasteiger partial charge in [0.25, 0.3) is 0 Å². The van der Waals surface area contributed by atoms with E-state index in [2.05, 4.69) is 11.5 Å².